The molecule has 0 bridgehead atoms. The molecule has 4 nitrogen and oxygen atoms in total. The first kappa shape index (κ1) is 12.1. The Bertz CT molecular complexity index is 507. The number of aryl methyl sites for hydroxylation is 2. The molecular formula is C12H15ClN4. The topological polar surface area (TPSA) is 56.7 Å². The monoisotopic (exact) mass is 250 g/mol. The highest BCUT2D eigenvalue weighted by Gasteiger charge is 2.06. The molecule has 1 heterocycles. The zero-order chi connectivity index (χ0) is 12.3. The van der Waals surface area contributed by atoms with Crippen LogP contribution in [0, 0.1) is 6.92 Å². The van der Waals surface area contributed by atoms with Gasteiger partial charge in [-0.25, -0.2) is 0 Å². The van der Waals surface area contributed by atoms with Gasteiger partial charge in [0, 0.05) is 17.1 Å². The number of rotatable bonds is 4. The van der Waals surface area contributed by atoms with E-state index in [1.165, 1.54) is 0 Å². The maximum absolute atomic E-state index is 5.92. The van der Waals surface area contributed by atoms with Gasteiger partial charge >= 0.3 is 0 Å². The molecule has 0 aliphatic rings. The average molecular weight is 251 g/mol. The lowest BCUT2D eigenvalue weighted by Gasteiger charge is -2.01. The van der Waals surface area contributed by atoms with E-state index in [9.17, 15) is 0 Å². The largest absolute Gasteiger partial charge is 0.330 e. The van der Waals surface area contributed by atoms with Gasteiger partial charge < -0.3 is 5.73 Å². The van der Waals surface area contributed by atoms with Crippen LogP contribution in [0.15, 0.2) is 24.4 Å². The third-order valence-corrected chi connectivity index (χ3v) is 2.83. The summed E-state index contributed by atoms with van der Waals surface area (Å²) in [5.41, 5.74) is 8.49. The van der Waals surface area contributed by atoms with Gasteiger partial charge in [-0.2, -0.15) is 0 Å². The number of nitrogens with two attached hydrogens (primary N) is 1. The van der Waals surface area contributed by atoms with Crippen molar-refractivity contribution in [2.75, 3.05) is 6.54 Å². The molecule has 2 N–H and O–H groups in total. The Balaban J connectivity index is 2.24. The summed E-state index contributed by atoms with van der Waals surface area (Å²) in [7, 11) is 0. The van der Waals surface area contributed by atoms with E-state index in [1.807, 2.05) is 36.0 Å². The summed E-state index contributed by atoms with van der Waals surface area (Å²) in [5.74, 6) is 0. The maximum atomic E-state index is 5.92. The van der Waals surface area contributed by atoms with E-state index < -0.39 is 0 Å². The van der Waals surface area contributed by atoms with E-state index >= 15 is 0 Å². The number of hydrogen-bond acceptors (Lipinski definition) is 3. The van der Waals surface area contributed by atoms with Crippen molar-refractivity contribution in [3.05, 3.63) is 35.0 Å². The summed E-state index contributed by atoms with van der Waals surface area (Å²) < 4.78 is 1.82. The Morgan fingerprint density at radius 1 is 1.41 bits per heavy atom. The molecule has 2 aromatic rings. The second-order valence-electron chi connectivity index (χ2n) is 3.97. The standard InChI is InChI=1S/C12H15ClN4/c1-9-7-10(13)3-4-11(9)12-8-17(16-15-12)6-2-5-14/h3-4,7-8H,2,5-6,14H2,1H3. The first-order chi connectivity index (χ1) is 8.20. The molecular weight excluding hydrogens is 236 g/mol. The van der Waals surface area contributed by atoms with Gasteiger partial charge in [0.15, 0.2) is 0 Å². The fourth-order valence-electron chi connectivity index (χ4n) is 1.70. The predicted molar refractivity (Wildman–Crippen MR) is 68.9 cm³/mol. The predicted octanol–water partition coefficient (Wildman–Crippen LogP) is 2.26. The van der Waals surface area contributed by atoms with Crippen molar-refractivity contribution in [2.45, 2.75) is 19.9 Å². The van der Waals surface area contributed by atoms with Crippen molar-refractivity contribution in [3.63, 3.8) is 0 Å². The van der Waals surface area contributed by atoms with Crippen LogP contribution in [0.2, 0.25) is 5.02 Å². The second kappa shape index (κ2) is 5.29. The van der Waals surface area contributed by atoms with Crippen molar-refractivity contribution in [3.8, 4) is 11.3 Å². The molecule has 0 aliphatic heterocycles. The Hall–Kier alpha value is -1.39. The van der Waals surface area contributed by atoms with E-state index in [4.69, 9.17) is 17.3 Å². The fourth-order valence-corrected chi connectivity index (χ4v) is 1.93. The number of nitrogens with zero attached hydrogens (tertiary/aromatic N) is 3. The Morgan fingerprint density at radius 2 is 2.24 bits per heavy atom. The van der Waals surface area contributed by atoms with Crippen LogP contribution in [0.25, 0.3) is 11.3 Å². The second-order valence-corrected chi connectivity index (χ2v) is 4.40. The van der Waals surface area contributed by atoms with E-state index in [0.29, 0.717) is 6.54 Å². The molecule has 5 heteroatoms. The van der Waals surface area contributed by atoms with E-state index in [-0.39, 0.29) is 0 Å². The van der Waals surface area contributed by atoms with Gasteiger partial charge in [0.1, 0.15) is 5.69 Å². The van der Waals surface area contributed by atoms with Gasteiger partial charge in [0.25, 0.3) is 0 Å². The molecule has 0 unspecified atom stereocenters. The van der Waals surface area contributed by atoms with Gasteiger partial charge in [-0.05, 0) is 37.6 Å². The lowest BCUT2D eigenvalue weighted by atomic mass is 10.1. The minimum atomic E-state index is 0.662. The van der Waals surface area contributed by atoms with E-state index in [0.717, 1.165) is 34.8 Å². The molecule has 0 saturated carbocycles. The molecule has 0 fully saturated rings. The summed E-state index contributed by atoms with van der Waals surface area (Å²) in [6, 6.07) is 5.76. The van der Waals surface area contributed by atoms with E-state index in [1.54, 1.807) is 0 Å². The van der Waals surface area contributed by atoms with Gasteiger partial charge in [-0.1, -0.05) is 22.9 Å². The SMILES string of the molecule is Cc1cc(Cl)ccc1-c1cn(CCCN)nn1. The Labute approximate surface area is 105 Å². The number of hydrogen-bond donors (Lipinski definition) is 1. The molecule has 2 rings (SSSR count). The van der Waals surface area contributed by atoms with Crippen LogP contribution >= 0.6 is 11.6 Å². The van der Waals surface area contributed by atoms with Crippen LogP contribution in [0.5, 0.6) is 0 Å². The number of aromatic nitrogens is 3. The van der Waals surface area contributed by atoms with Crippen LogP contribution in [0.1, 0.15) is 12.0 Å². The average Bonchev–Trinajstić information content (AvgIpc) is 2.75. The highest BCUT2D eigenvalue weighted by molar-refractivity contribution is 6.30. The minimum absolute atomic E-state index is 0.662. The van der Waals surface area contributed by atoms with Crippen molar-refractivity contribution in [1.29, 1.82) is 0 Å². The molecule has 1 aromatic heterocycles. The Morgan fingerprint density at radius 3 is 2.94 bits per heavy atom. The zero-order valence-electron chi connectivity index (χ0n) is 9.73. The van der Waals surface area contributed by atoms with Crippen LogP contribution < -0.4 is 5.73 Å². The highest BCUT2D eigenvalue weighted by Crippen LogP contribution is 2.23. The zero-order valence-corrected chi connectivity index (χ0v) is 10.5. The summed E-state index contributed by atoms with van der Waals surface area (Å²) in [6.45, 7) is 3.48. The Kier molecular flexibility index (Phi) is 3.76. The minimum Gasteiger partial charge on any atom is -0.330 e. The molecule has 0 amide bonds. The lowest BCUT2D eigenvalue weighted by molar-refractivity contribution is 0.564. The fraction of sp³-hybridized carbons (Fsp3) is 0.333. The lowest BCUT2D eigenvalue weighted by Crippen LogP contribution is -2.06. The number of halogens is 1. The van der Waals surface area contributed by atoms with Crippen molar-refractivity contribution in [2.24, 2.45) is 5.73 Å². The van der Waals surface area contributed by atoms with Gasteiger partial charge in [0.2, 0.25) is 0 Å². The van der Waals surface area contributed by atoms with Gasteiger partial charge in [-0.3, -0.25) is 4.68 Å². The van der Waals surface area contributed by atoms with Crippen molar-refractivity contribution in [1.82, 2.24) is 15.0 Å². The molecule has 0 aliphatic carbocycles. The normalized spacial score (nSPS) is 10.8. The van der Waals surface area contributed by atoms with Crippen LogP contribution in [0.4, 0.5) is 0 Å². The third kappa shape index (κ3) is 2.84. The summed E-state index contributed by atoms with van der Waals surface area (Å²) >= 11 is 5.92. The molecule has 1 aromatic carbocycles. The maximum Gasteiger partial charge on any atom is 0.113 e. The van der Waals surface area contributed by atoms with Crippen molar-refractivity contribution < 1.29 is 0 Å². The molecule has 17 heavy (non-hydrogen) atoms. The van der Waals surface area contributed by atoms with E-state index in [2.05, 4.69) is 10.3 Å². The van der Waals surface area contributed by atoms with Crippen LogP contribution in [-0.4, -0.2) is 21.5 Å². The molecule has 0 saturated heterocycles. The van der Waals surface area contributed by atoms with Gasteiger partial charge in [-0.15, -0.1) is 5.10 Å². The molecule has 0 spiro atoms. The van der Waals surface area contributed by atoms with Crippen LogP contribution in [0.3, 0.4) is 0 Å². The summed E-state index contributed by atoms with van der Waals surface area (Å²) in [5, 5.41) is 8.97. The summed E-state index contributed by atoms with van der Waals surface area (Å²) in [4.78, 5) is 0. The molecule has 0 atom stereocenters. The highest BCUT2D eigenvalue weighted by atomic mass is 35.5. The quantitative estimate of drug-likeness (QED) is 0.906. The van der Waals surface area contributed by atoms with Gasteiger partial charge in [0.05, 0.1) is 6.20 Å². The number of benzene rings is 1. The molecule has 0 radical (unpaired) electrons. The smallest absolute Gasteiger partial charge is 0.113 e. The van der Waals surface area contributed by atoms with Crippen LogP contribution in [-0.2, 0) is 6.54 Å². The van der Waals surface area contributed by atoms with Crippen molar-refractivity contribution >= 4 is 11.6 Å². The first-order valence-corrected chi connectivity index (χ1v) is 5.95. The molecule has 90 valence electrons. The third-order valence-electron chi connectivity index (χ3n) is 2.59. The summed E-state index contributed by atoms with van der Waals surface area (Å²) in [6.07, 6.45) is 2.84. The first-order valence-electron chi connectivity index (χ1n) is 5.57.